The summed E-state index contributed by atoms with van der Waals surface area (Å²) in [5.41, 5.74) is 9.68. The standard InChI is InChI=1S/C73H53NOSi2/c1-7-25-54(26-8-1)55-43-45-56(46-44-55)74(57-47-50-64(51-48-57)76(59-27-9-2-10-28-59,60-29-11-3-12-30-60)61-31-13-4-14-32-61)58-49-52-72-68(53-58)73(65-37-19-22-40-69(65)75-70-41-23-20-38-66(70)73)67-39-21-24-42-71(67)77(72,62-33-15-5-16-34-62)63-35-17-6-18-36-63/h1-53H. The molecule has 0 aliphatic carbocycles. The second-order valence-electron chi connectivity index (χ2n) is 20.2. The van der Waals surface area contributed by atoms with Crippen LogP contribution in [0.25, 0.3) is 11.1 Å². The molecular weight excluding hydrogens is 963 g/mol. The van der Waals surface area contributed by atoms with Gasteiger partial charge in [-0.2, -0.15) is 0 Å². The fourth-order valence-electron chi connectivity index (χ4n) is 13.3. The van der Waals surface area contributed by atoms with Crippen LogP contribution in [0.3, 0.4) is 0 Å². The highest BCUT2D eigenvalue weighted by Crippen LogP contribution is 2.57. The van der Waals surface area contributed by atoms with Gasteiger partial charge in [0.15, 0.2) is 16.1 Å². The van der Waals surface area contributed by atoms with Crippen molar-refractivity contribution in [2.24, 2.45) is 0 Å². The lowest BCUT2D eigenvalue weighted by Crippen LogP contribution is -2.79. The number of hydrogen-bond acceptors (Lipinski definition) is 2. The first kappa shape index (κ1) is 46.2. The predicted molar refractivity (Wildman–Crippen MR) is 326 cm³/mol. The molecule has 0 unspecified atom stereocenters. The molecule has 2 aliphatic rings. The van der Waals surface area contributed by atoms with Gasteiger partial charge in [-0.3, -0.25) is 0 Å². The molecule has 0 saturated heterocycles. The maximum absolute atomic E-state index is 6.96. The average molecular weight is 1020 g/mol. The normalized spacial score (nSPS) is 13.5. The lowest BCUT2D eigenvalue weighted by molar-refractivity contribution is 0.435. The first-order valence-corrected chi connectivity index (χ1v) is 30.7. The first-order chi connectivity index (χ1) is 38.2. The zero-order chi connectivity index (χ0) is 51.2. The van der Waals surface area contributed by atoms with Crippen molar-refractivity contribution in [2.45, 2.75) is 5.41 Å². The number of benzene rings is 12. The molecule has 0 fully saturated rings. The Morgan fingerprint density at radius 1 is 0.286 bits per heavy atom. The summed E-state index contributed by atoms with van der Waals surface area (Å²) in [5.74, 6) is 1.75. The minimum atomic E-state index is -3.07. The summed E-state index contributed by atoms with van der Waals surface area (Å²) in [6.07, 6.45) is 0. The zero-order valence-corrected chi connectivity index (χ0v) is 44.5. The molecule has 4 heteroatoms. The number of ether oxygens (including phenoxy) is 1. The van der Waals surface area contributed by atoms with Crippen LogP contribution < -0.4 is 51.1 Å². The second-order valence-corrected chi connectivity index (χ2v) is 27.8. The van der Waals surface area contributed by atoms with E-state index >= 15 is 0 Å². The van der Waals surface area contributed by atoms with Gasteiger partial charge >= 0.3 is 0 Å². The molecule has 1 spiro atoms. The Morgan fingerprint density at radius 3 is 1.16 bits per heavy atom. The average Bonchev–Trinajstić information content (AvgIpc) is 3.62. The maximum atomic E-state index is 6.96. The van der Waals surface area contributed by atoms with Gasteiger partial charge in [0.2, 0.25) is 0 Å². The Morgan fingerprint density at radius 2 is 0.649 bits per heavy atom. The third-order valence-corrected chi connectivity index (χ3v) is 26.1. The molecule has 12 aromatic carbocycles. The molecule has 0 amide bonds. The summed E-state index contributed by atoms with van der Waals surface area (Å²) < 4.78 is 6.96. The number of fused-ring (bicyclic) bond motifs is 8. The minimum Gasteiger partial charge on any atom is -0.457 e. The molecule has 0 N–H and O–H groups in total. The fourth-order valence-corrected chi connectivity index (χ4v) is 23.3. The Hall–Kier alpha value is -9.33. The number of rotatable bonds is 10. The zero-order valence-electron chi connectivity index (χ0n) is 42.5. The molecule has 0 bridgehead atoms. The molecule has 77 heavy (non-hydrogen) atoms. The Balaban J connectivity index is 1.06. The lowest BCUT2D eigenvalue weighted by Gasteiger charge is -2.51. The smallest absolute Gasteiger partial charge is 0.180 e. The topological polar surface area (TPSA) is 12.5 Å². The third-order valence-electron chi connectivity index (χ3n) is 16.4. The number of para-hydroxylation sites is 2. The molecule has 2 aliphatic heterocycles. The van der Waals surface area contributed by atoms with Crippen molar-refractivity contribution < 1.29 is 4.74 Å². The van der Waals surface area contributed by atoms with E-state index in [2.05, 4.69) is 326 Å². The van der Waals surface area contributed by atoms with Gasteiger partial charge < -0.3 is 9.64 Å². The third kappa shape index (κ3) is 7.21. The molecule has 0 radical (unpaired) electrons. The van der Waals surface area contributed by atoms with Gasteiger partial charge in [0.1, 0.15) is 11.5 Å². The maximum Gasteiger partial charge on any atom is 0.180 e. The van der Waals surface area contributed by atoms with Crippen molar-refractivity contribution in [3.05, 3.63) is 344 Å². The van der Waals surface area contributed by atoms with Crippen molar-refractivity contribution in [3.8, 4) is 22.6 Å². The van der Waals surface area contributed by atoms with E-state index in [1.54, 1.807) is 0 Å². The van der Waals surface area contributed by atoms with Crippen molar-refractivity contribution in [1.29, 1.82) is 0 Å². The van der Waals surface area contributed by atoms with Gasteiger partial charge in [-0.25, -0.2) is 0 Å². The number of nitrogens with zero attached hydrogens (tertiary/aromatic N) is 1. The summed E-state index contributed by atoms with van der Waals surface area (Å²) in [5, 5.41) is 10.8. The van der Waals surface area contributed by atoms with E-state index in [9.17, 15) is 0 Å². The summed E-state index contributed by atoms with van der Waals surface area (Å²) in [6, 6.07) is 120. The van der Waals surface area contributed by atoms with Crippen molar-refractivity contribution in [2.75, 3.05) is 4.90 Å². The number of hydrogen-bond donors (Lipinski definition) is 0. The van der Waals surface area contributed by atoms with Crippen LogP contribution in [0.5, 0.6) is 11.5 Å². The molecule has 14 rings (SSSR count). The van der Waals surface area contributed by atoms with E-state index in [0.29, 0.717) is 0 Å². The summed E-state index contributed by atoms with van der Waals surface area (Å²) >= 11 is 0. The Bertz CT molecular complexity index is 3860. The summed E-state index contributed by atoms with van der Waals surface area (Å²) in [6.45, 7) is 0. The highest BCUT2D eigenvalue weighted by atomic mass is 28.3. The van der Waals surface area contributed by atoms with Crippen LogP contribution in [0.2, 0.25) is 0 Å². The van der Waals surface area contributed by atoms with Crippen LogP contribution in [0.4, 0.5) is 17.1 Å². The van der Waals surface area contributed by atoms with Crippen LogP contribution in [0.1, 0.15) is 22.3 Å². The molecule has 0 saturated carbocycles. The fraction of sp³-hybridized carbons (Fsp3) is 0.0137. The summed E-state index contributed by atoms with van der Waals surface area (Å²) in [4.78, 5) is 2.48. The molecule has 0 aromatic heterocycles. The molecule has 364 valence electrons. The lowest BCUT2D eigenvalue weighted by atomic mass is 9.63. The molecule has 0 atom stereocenters. The molecule has 2 heterocycles. The minimum absolute atomic E-state index is 0.744. The van der Waals surface area contributed by atoms with Crippen molar-refractivity contribution in [1.82, 2.24) is 0 Å². The van der Waals surface area contributed by atoms with E-state index in [1.165, 1.54) is 63.7 Å². The van der Waals surface area contributed by atoms with Crippen LogP contribution >= 0.6 is 0 Å². The first-order valence-electron chi connectivity index (χ1n) is 26.7. The van der Waals surface area contributed by atoms with E-state index in [4.69, 9.17) is 4.74 Å². The molecule has 2 nitrogen and oxygen atoms in total. The van der Waals surface area contributed by atoms with Crippen molar-refractivity contribution in [3.63, 3.8) is 0 Å². The second kappa shape index (κ2) is 19.1. The SMILES string of the molecule is c1ccc(-c2ccc(N(c3ccc([Si](c4ccccc4)(c4ccccc4)c4ccccc4)cc3)c3ccc4c(c3)C3(c5ccccc5Oc5ccccc53)c3ccccc3[Si]4(c3ccccc3)c3ccccc3)cc2)cc1. The van der Waals surface area contributed by atoms with Gasteiger partial charge in [0.05, 0.1) is 5.41 Å². The van der Waals surface area contributed by atoms with Gasteiger partial charge in [-0.1, -0.05) is 273 Å². The Labute approximate surface area is 453 Å². The van der Waals surface area contributed by atoms with Crippen LogP contribution in [0.15, 0.2) is 322 Å². The highest BCUT2D eigenvalue weighted by molar-refractivity contribution is 7.21. The van der Waals surface area contributed by atoms with Gasteiger partial charge in [0, 0.05) is 28.2 Å². The van der Waals surface area contributed by atoms with Crippen LogP contribution in [0, 0.1) is 0 Å². The van der Waals surface area contributed by atoms with Crippen LogP contribution in [-0.2, 0) is 5.41 Å². The Kier molecular flexibility index (Phi) is 11.5. The van der Waals surface area contributed by atoms with E-state index in [1.807, 2.05) is 0 Å². The number of anilines is 3. The quantitative estimate of drug-likeness (QED) is 0.1000. The van der Waals surface area contributed by atoms with Crippen molar-refractivity contribution >= 4 is 74.7 Å². The van der Waals surface area contributed by atoms with Gasteiger partial charge in [-0.15, -0.1) is 0 Å². The van der Waals surface area contributed by atoms with E-state index < -0.39 is 21.6 Å². The van der Waals surface area contributed by atoms with Gasteiger partial charge in [0.25, 0.3) is 0 Å². The largest absolute Gasteiger partial charge is 0.457 e. The van der Waals surface area contributed by atoms with Gasteiger partial charge in [-0.05, 0) is 112 Å². The molecule has 12 aromatic rings. The monoisotopic (exact) mass is 1020 g/mol. The predicted octanol–water partition coefficient (Wildman–Crippen LogP) is 12.4. The van der Waals surface area contributed by atoms with Crippen LogP contribution in [-0.4, -0.2) is 16.1 Å². The highest BCUT2D eigenvalue weighted by Gasteiger charge is 2.57. The summed E-state index contributed by atoms with van der Waals surface area (Å²) in [7, 11) is -5.88. The van der Waals surface area contributed by atoms with E-state index in [0.717, 1.165) is 39.7 Å². The van der Waals surface area contributed by atoms with E-state index in [-0.39, 0.29) is 0 Å². The molecular formula is C73H53NOSi2.